The van der Waals surface area contributed by atoms with Gasteiger partial charge in [0.2, 0.25) is 5.95 Å². The van der Waals surface area contributed by atoms with Crippen LogP contribution in [0.15, 0.2) is 10.7 Å². The average molecular weight is 207 g/mol. The molecule has 0 aliphatic rings. The van der Waals surface area contributed by atoms with Gasteiger partial charge in [-0.2, -0.15) is 4.39 Å². The van der Waals surface area contributed by atoms with Gasteiger partial charge in [0.15, 0.2) is 0 Å². The molecule has 0 aliphatic carbocycles. The highest BCUT2D eigenvalue weighted by atomic mass is 79.9. The number of nitrogens with zero attached hydrogens (tertiary/aromatic N) is 2. The van der Waals surface area contributed by atoms with E-state index in [1.807, 2.05) is 13.8 Å². The van der Waals surface area contributed by atoms with E-state index in [1.54, 1.807) is 10.9 Å². The molecule has 0 spiro atoms. The van der Waals surface area contributed by atoms with Crippen LogP contribution in [0.5, 0.6) is 0 Å². The van der Waals surface area contributed by atoms with Crippen molar-refractivity contribution in [3.05, 3.63) is 16.6 Å². The van der Waals surface area contributed by atoms with Gasteiger partial charge in [-0.25, -0.2) is 0 Å². The van der Waals surface area contributed by atoms with Crippen molar-refractivity contribution in [2.75, 3.05) is 0 Å². The zero-order valence-corrected chi connectivity index (χ0v) is 7.39. The van der Waals surface area contributed by atoms with E-state index in [-0.39, 0.29) is 6.04 Å². The summed E-state index contributed by atoms with van der Waals surface area (Å²) >= 11 is 3.03. The van der Waals surface area contributed by atoms with Crippen LogP contribution in [0.3, 0.4) is 0 Å². The Labute approximate surface area is 67.2 Å². The second-order valence-electron chi connectivity index (χ2n) is 2.34. The number of aromatic nitrogens is 2. The van der Waals surface area contributed by atoms with Gasteiger partial charge in [-0.3, -0.25) is 4.68 Å². The molecule has 4 heteroatoms. The van der Waals surface area contributed by atoms with Crippen LogP contribution < -0.4 is 0 Å². The standard InChI is InChI=1S/C6H8BrFN2/c1-4(2)10-3-5(7)6(8)9-10/h3-4H,1-2H3. The summed E-state index contributed by atoms with van der Waals surface area (Å²) in [4.78, 5) is 0. The van der Waals surface area contributed by atoms with Crippen LogP contribution in [-0.4, -0.2) is 9.78 Å². The quantitative estimate of drug-likeness (QED) is 0.691. The van der Waals surface area contributed by atoms with Gasteiger partial charge < -0.3 is 0 Å². The SMILES string of the molecule is CC(C)n1cc(Br)c(F)n1. The monoisotopic (exact) mass is 206 g/mol. The van der Waals surface area contributed by atoms with E-state index in [1.165, 1.54) is 0 Å². The zero-order chi connectivity index (χ0) is 7.72. The van der Waals surface area contributed by atoms with Gasteiger partial charge >= 0.3 is 0 Å². The molecule has 0 atom stereocenters. The Morgan fingerprint density at radius 3 is 2.50 bits per heavy atom. The summed E-state index contributed by atoms with van der Waals surface area (Å²) in [5.74, 6) is -0.450. The number of hydrogen-bond donors (Lipinski definition) is 0. The van der Waals surface area contributed by atoms with Gasteiger partial charge in [0.1, 0.15) is 0 Å². The molecule has 1 aromatic rings. The largest absolute Gasteiger partial charge is 0.266 e. The van der Waals surface area contributed by atoms with Crippen molar-refractivity contribution in [1.82, 2.24) is 9.78 Å². The number of halogens is 2. The predicted octanol–water partition coefficient (Wildman–Crippen LogP) is 2.37. The predicted molar refractivity (Wildman–Crippen MR) is 40.3 cm³/mol. The first-order valence-electron chi connectivity index (χ1n) is 3.01. The normalized spacial score (nSPS) is 10.9. The molecule has 0 unspecified atom stereocenters. The molecule has 0 aromatic carbocycles. The highest BCUT2D eigenvalue weighted by molar-refractivity contribution is 9.10. The third-order valence-electron chi connectivity index (χ3n) is 1.18. The summed E-state index contributed by atoms with van der Waals surface area (Å²) in [7, 11) is 0. The van der Waals surface area contributed by atoms with Crippen molar-refractivity contribution in [1.29, 1.82) is 0 Å². The lowest BCUT2D eigenvalue weighted by Crippen LogP contribution is -2.00. The molecule has 0 saturated heterocycles. The zero-order valence-electron chi connectivity index (χ0n) is 5.81. The van der Waals surface area contributed by atoms with Crippen LogP contribution in [-0.2, 0) is 0 Å². The van der Waals surface area contributed by atoms with Crippen molar-refractivity contribution >= 4 is 15.9 Å². The maximum Gasteiger partial charge on any atom is 0.246 e. The summed E-state index contributed by atoms with van der Waals surface area (Å²) < 4.78 is 14.5. The number of rotatable bonds is 1. The minimum atomic E-state index is -0.450. The fraction of sp³-hybridized carbons (Fsp3) is 0.500. The van der Waals surface area contributed by atoms with Crippen LogP contribution in [0, 0.1) is 5.95 Å². The molecule has 1 aromatic heterocycles. The van der Waals surface area contributed by atoms with Gasteiger partial charge in [0.25, 0.3) is 0 Å². The van der Waals surface area contributed by atoms with E-state index < -0.39 is 5.95 Å². The first-order chi connectivity index (χ1) is 4.61. The van der Waals surface area contributed by atoms with E-state index in [2.05, 4.69) is 21.0 Å². The smallest absolute Gasteiger partial charge is 0.246 e. The van der Waals surface area contributed by atoms with Gasteiger partial charge in [-0.05, 0) is 29.8 Å². The van der Waals surface area contributed by atoms with Crippen molar-refractivity contribution in [2.45, 2.75) is 19.9 Å². The van der Waals surface area contributed by atoms with E-state index >= 15 is 0 Å². The van der Waals surface area contributed by atoms with Gasteiger partial charge in [0, 0.05) is 12.2 Å². The molecule has 0 amide bonds. The van der Waals surface area contributed by atoms with Crippen molar-refractivity contribution < 1.29 is 4.39 Å². The highest BCUT2D eigenvalue weighted by Crippen LogP contribution is 2.15. The van der Waals surface area contributed by atoms with Crippen LogP contribution >= 0.6 is 15.9 Å². The summed E-state index contributed by atoms with van der Waals surface area (Å²) in [6.45, 7) is 3.89. The molecule has 10 heavy (non-hydrogen) atoms. The van der Waals surface area contributed by atoms with Crippen molar-refractivity contribution in [3.8, 4) is 0 Å². The average Bonchev–Trinajstić information content (AvgIpc) is 2.13. The molecule has 0 N–H and O–H groups in total. The minimum Gasteiger partial charge on any atom is -0.266 e. The molecule has 2 nitrogen and oxygen atoms in total. The maximum absolute atomic E-state index is 12.5. The molecular weight excluding hydrogens is 199 g/mol. The first-order valence-corrected chi connectivity index (χ1v) is 3.80. The lowest BCUT2D eigenvalue weighted by Gasteiger charge is -2.01. The molecular formula is C6H8BrFN2. The molecule has 0 bridgehead atoms. The Balaban J connectivity index is 2.98. The molecule has 56 valence electrons. The summed E-state index contributed by atoms with van der Waals surface area (Å²) in [6, 6.07) is 0.209. The molecule has 0 fully saturated rings. The maximum atomic E-state index is 12.5. The molecule has 0 radical (unpaired) electrons. The third-order valence-corrected chi connectivity index (χ3v) is 1.71. The van der Waals surface area contributed by atoms with Crippen LogP contribution in [0.25, 0.3) is 0 Å². The van der Waals surface area contributed by atoms with Crippen molar-refractivity contribution in [3.63, 3.8) is 0 Å². The molecule has 1 heterocycles. The highest BCUT2D eigenvalue weighted by Gasteiger charge is 2.05. The fourth-order valence-electron chi connectivity index (χ4n) is 0.612. The lowest BCUT2D eigenvalue weighted by molar-refractivity contribution is 0.481. The Kier molecular flexibility index (Phi) is 2.08. The van der Waals surface area contributed by atoms with E-state index in [9.17, 15) is 4.39 Å². The van der Waals surface area contributed by atoms with Crippen molar-refractivity contribution in [2.24, 2.45) is 0 Å². The first kappa shape index (κ1) is 7.72. The van der Waals surface area contributed by atoms with E-state index in [0.29, 0.717) is 4.47 Å². The molecule has 0 aliphatic heterocycles. The Bertz CT molecular complexity index is 212. The third kappa shape index (κ3) is 1.37. The van der Waals surface area contributed by atoms with Crippen LogP contribution in [0.4, 0.5) is 4.39 Å². The summed E-state index contributed by atoms with van der Waals surface area (Å²) in [5.41, 5.74) is 0. The molecule has 1 rings (SSSR count). The van der Waals surface area contributed by atoms with Crippen LogP contribution in [0.1, 0.15) is 19.9 Å². The fourth-order valence-corrected chi connectivity index (χ4v) is 0.901. The van der Waals surface area contributed by atoms with Gasteiger partial charge in [0.05, 0.1) is 4.47 Å². The van der Waals surface area contributed by atoms with E-state index in [4.69, 9.17) is 0 Å². The topological polar surface area (TPSA) is 17.8 Å². The van der Waals surface area contributed by atoms with Crippen LogP contribution in [0.2, 0.25) is 0 Å². The summed E-state index contributed by atoms with van der Waals surface area (Å²) in [5, 5.41) is 3.61. The minimum absolute atomic E-state index is 0.209. The Morgan fingerprint density at radius 1 is 1.70 bits per heavy atom. The molecule has 0 saturated carbocycles. The number of hydrogen-bond acceptors (Lipinski definition) is 1. The Hall–Kier alpha value is -0.380. The van der Waals surface area contributed by atoms with Gasteiger partial charge in [-0.1, -0.05) is 0 Å². The second-order valence-corrected chi connectivity index (χ2v) is 3.20. The summed E-state index contributed by atoms with van der Waals surface area (Å²) in [6.07, 6.45) is 1.62. The van der Waals surface area contributed by atoms with Gasteiger partial charge in [-0.15, -0.1) is 5.10 Å². The van der Waals surface area contributed by atoms with E-state index in [0.717, 1.165) is 0 Å². The second kappa shape index (κ2) is 2.70. The lowest BCUT2D eigenvalue weighted by atomic mass is 10.4. The Morgan fingerprint density at radius 2 is 2.30 bits per heavy atom.